The van der Waals surface area contributed by atoms with E-state index >= 15 is 0 Å². The van der Waals surface area contributed by atoms with Gasteiger partial charge in [-0.1, -0.05) is 13.8 Å². The molecule has 0 aromatic heterocycles. The molecule has 0 aliphatic heterocycles. The number of nitrogens with two attached hydrogens (primary N) is 1. The Bertz CT molecular complexity index is 90.4. The number of hydrogen-bond acceptors (Lipinski definition) is 1. The summed E-state index contributed by atoms with van der Waals surface area (Å²) in [6.07, 6.45) is 0.993. The summed E-state index contributed by atoms with van der Waals surface area (Å²) >= 11 is 0. The molecule has 0 bridgehead atoms. The Labute approximate surface area is 51.6 Å². The summed E-state index contributed by atoms with van der Waals surface area (Å²) in [6, 6.07) is 0. The molecule has 0 rings (SSSR count). The highest BCUT2D eigenvalue weighted by molar-refractivity contribution is 6.12. The van der Waals surface area contributed by atoms with Crippen LogP contribution >= 0.6 is 0 Å². The van der Waals surface area contributed by atoms with Crippen molar-refractivity contribution in [2.75, 3.05) is 0 Å². The summed E-state index contributed by atoms with van der Waals surface area (Å²) in [5, 5.41) is 0. The van der Waals surface area contributed by atoms with Crippen LogP contribution in [0.25, 0.3) is 0 Å². The third kappa shape index (κ3) is 2.00. The molecule has 44 valence electrons. The van der Waals surface area contributed by atoms with Crippen LogP contribution < -0.4 is 5.73 Å². The Morgan fingerprint density at radius 2 is 2.38 bits per heavy atom. The van der Waals surface area contributed by atoms with Crippen molar-refractivity contribution < 1.29 is 0 Å². The third-order valence-corrected chi connectivity index (χ3v) is 1.27. The fraction of sp³-hybridized carbons (Fsp3) is 0.800. The predicted molar refractivity (Wildman–Crippen MR) is 36.8 cm³/mol. The minimum Gasteiger partial charge on any atom is -0.388 e. The van der Waals surface area contributed by atoms with E-state index < -0.39 is 0 Å². The van der Waals surface area contributed by atoms with E-state index in [4.69, 9.17) is 13.7 Å². The van der Waals surface area contributed by atoms with Crippen molar-refractivity contribution in [2.45, 2.75) is 20.3 Å². The van der Waals surface area contributed by atoms with E-state index in [1.54, 1.807) is 0 Å². The number of rotatable bonds is 2. The molecular formula is C5H11BN2. The van der Waals surface area contributed by atoms with E-state index in [9.17, 15) is 0 Å². The smallest absolute Gasteiger partial charge is 0.261 e. The van der Waals surface area contributed by atoms with Crippen molar-refractivity contribution in [2.24, 2.45) is 16.6 Å². The van der Waals surface area contributed by atoms with Gasteiger partial charge in [0.15, 0.2) is 0 Å². The quantitative estimate of drug-likeness (QED) is 0.313. The van der Waals surface area contributed by atoms with Crippen LogP contribution in [0.4, 0.5) is 0 Å². The van der Waals surface area contributed by atoms with Crippen LogP contribution in [0.2, 0.25) is 0 Å². The molecule has 2 nitrogen and oxygen atoms in total. The standard InChI is InChI=1S/C5H11BN2/c1-3-4(2)5(7)8-6/h4H,3H2,1-2H3,(H2,7,8). The Balaban J connectivity index is 3.63. The minimum absolute atomic E-state index is 0.319. The average molecular weight is 110 g/mol. The van der Waals surface area contributed by atoms with Crippen molar-refractivity contribution in [3.05, 3.63) is 0 Å². The monoisotopic (exact) mass is 110 g/mol. The van der Waals surface area contributed by atoms with Gasteiger partial charge in [-0.05, 0) is 6.42 Å². The predicted octanol–water partition coefficient (Wildman–Crippen LogP) is 0.473. The fourth-order valence-electron chi connectivity index (χ4n) is 0.336. The van der Waals surface area contributed by atoms with Crippen LogP contribution in [-0.4, -0.2) is 13.8 Å². The SMILES string of the molecule is [B]N=C(N)C(C)CC. The molecule has 0 saturated heterocycles. The van der Waals surface area contributed by atoms with Gasteiger partial charge < -0.3 is 10.6 Å². The molecule has 8 heavy (non-hydrogen) atoms. The lowest BCUT2D eigenvalue weighted by Crippen LogP contribution is -2.20. The molecule has 3 heteroatoms. The normalized spacial score (nSPS) is 16.0. The van der Waals surface area contributed by atoms with Crippen molar-refractivity contribution in [3.63, 3.8) is 0 Å². The van der Waals surface area contributed by atoms with E-state index in [1.807, 2.05) is 13.8 Å². The van der Waals surface area contributed by atoms with E-state index in [-0.39, 0.29) is 0 Å². The van der Waals surface area contributed by atoms with Gasteiger partial charge in [0.05, 0.1) is 5.84 Å². The second-order valence-corrected chi connectivity index (χ2v) is 1.86. The molecule has 1 unspecified atom stereocenters. The zero-order valence-electron chi connectivity index (χ0n) is 5.39. The van der Waals surface area contributed by atoms with Gasteiger partial charge in [0.25, 0.3) is 7.98 Å². The van der Waals surface area contributed by atoms with Gasteiger partial charge in [-0.3, -0.25) is 0 Å². The van der Waals surface area contributed by atoms with Crippen LogP contribution in [0.15, 0.2) is 4.90 Å². The van der Waals surface area contributed by atoms with Gasteiger partial charge in [0.1, 0.15) is 0 Å². The van der Waals surface area contributed by atoms with E-state index in [0.29, 0.717) is 11.8 Å². The molecule has 0 amide bonds. The Kier molecular flexibility index (Phi) is 3.32. The minimum atomic E-state index is 0.319. The molecule has 2 N–H and O–H groups in total. The highest BCUT2D eigenvalue weighted by Gasteiger charge is 1.99. The lowest BCUT2D eigenvalue weighted by molar-refractivity contribution is 0.734. The summed E-state index contributed by atoms with van der Waals surface area (Å²) in [4.78, 5) is 3.35. The van der Waals surface area contributed by atoms with E-state index in [1.165, 1.54) is 0 Å². The molecule has 0 saturated carbocycles. The molecule has 0 fully saturated rings. The van der Waals surface area contributed by atoms with Crippen LogP contribution in [0, 0.1) is 5.92 Å². The highest BCUT2D eigenvalue weighted by Crippen LogP contribution is 1.98. The first kappa shape index (κ1) is 7.53. The summed E-state index contributed by atoms with van der Waals surface area (Å²) in [7, 11) is 4.91. The molecular weight excluding hydrogens is 98.9 g/mol. The summed E-state index contributed by atoms with van der Waals surface area (Å²) in [6.45, 7) is 4.04. The number of nitrogens with zero attached hydrogens (tertiary/aromatic N) is 1. The Morgan fingerprint density at radius 3 is 2.50 bits per heavy atom. The first-order valence-corrected chi connectivity index (χ1v) is 2.75. The zero-order chi connectivity index (χ0) is 6.57. The first-order chi connectivity index (χ1) is 3.72. The van der Waals surface area contributed by atoms with Gasteiger partial charge >= 0.3 is 0 Å². The van der Waals surface area contributed by atoms with Gasteiger partial charge in [-0.2, -0.15) is 0 Å². The summed E-state index contributed by atoms with van der Waals surface area (Å²) in [5.41, 5.74) is 5.35. The Hall–Kier alpha value is -0.465. The van der Waals surface area contributed by atoms with Crippen LogP contribution in [-0.2, 0) is 0 Å². The van der Waals surface area contributed by atoms with Crippen molar-refractivity contribution in [3.8, 4) is 0 Å². The van der Waals surface area contributed by atoms with Gasteiger partial charge in [0.2, 0.25) is 0 Å². The summed E-state index contributed by atoms with van der Waals surface area (Å²) in [5.74, 6) is 0.854. The second kappa shape index (κ2) is 3.53. The van der Waals surface area contributed by atoms with E-state index in [0.717, 1.165) is 6.42 Å². The number of amidine groups is 1. The summed E-state index contributed by atoms with van der Waals surface area (Å²) < 4.78 is 0. The van der Waals surface area contributed by atoms with Crippen molar-refractivity contribution in [1.29, 1.82) is 0 Å². The third-order valence-electron chi connectivity index (χ3n) is 1.27. The second-order valence-electron chi connectivity index (χ2n) is 1.86. The highest BCUT2D eigenvalue weighted by atomic mass is 14.8. The molecule has 2 radical (unpaired) electrons. The first-order valence-electron chi connectivity index (χ1n) is 2.75. The molecule has 0 aromatic rings. The van der Waals surface area contributed by atoms with Gasteiger partial charge in [-0.15, -0.1) is 0 Å². The lowest BCUT2D eigenvalue weighted by Gasteiger charge is -2.04. The number of hydrogen-bond donors (Lipinski definition) is 1. The maximum absolute atomic E-state index is 5.35. The molecule has 0 aliphatic rings. The van der Waals surface area contributed by atoms with E-state index in [2.05, 4.69) is 4.90 Å². The van der Waals surface area contributed by atoms with Crippen molar-refractivity contribution in [1.82, 2.24) is 0 Å². The lowest BCUT2D eigenvalue weighted by atomic mass is 10.1. The molecule has 0 spiro atoms. The van der Waals surface area contributed by atoms with Crippen LogP contribution in [0.1, 0.15) is 20.3 Å². The topological polar surface area (TPSA) is 38.4 Å². The fourth-order valence-corrected chi connectivity index (χ4v) is 0.336. The molecule has 0 aliphatic carbocycles. The van der Waals surface area contributed by atoms with Gasteiger partial charge in [-0.25, -0.2) is 0 Å². The Morgan fingerprint density at radius 1 is 1.88 bits per heavy atom. The van der Waals surface area contributed by atoms with Gasteiger partial charge in [0, 0.05) is 5.92 Å². The maximum atomic E-state index is 5.35. The molecule has 0 aromatic carbocycles. The van der Waals surface area contributed by atoms with Crippen molar-refractivity contribution >= 4 is 13.8 Å². The average Bonchev–Trinajstić information content (AvgIpc) is 1.84. The molecule has 0 heterocycles. The maximum Gasteiger partial charge on any atom is 0.261 e. The van der Waals surface area contributed by atoms with Crippen LogP contribution in [0.5, 0.6) is 0 Å². The largest absolute Gasteiger partial charge is 0.388 e. The van der Waals surface area contributed by atoms with Crippen LogP contribution in [0.3, 0.4) is 0 Å². The molecule has 1 atom stereocenters. The zero-order valence-corrected chi connectivity index (χ0v) is 5.39.